The third-order valence-electron chi connectivity index (χ3n) is 2.83. The van der Waals surface area contributed by atoms with Crippen LogP contribution in [-0.4, -0.2) is 47.6 Å². The van der Waals surface area contributed by atoms with Gasteiger partial charge in [-0.1, -0.05) is 11.8 Å². The maximum absolute atomic E-state index is 12.2. The number of carbonyl (C=O) groups is 1. The number of carbonyl (C=O) groups excluding carboxylic acids is 1. The van der Waals surface area contributed by atoms with Crippen LogP contribution in [0.2, 0.25) is 0 Å². The molecule has 0 heterocycles. The van der Waals surface area contributed by atoms with Crippen molar-refractivity contribution >= 4 is 17.7 Å². The predicted octanol–water partition coefficient (Wildman–Crippen LogP) is 1.85. The number of nitrogens with zero attached hydrogens (tertiary/aromatic N) is 1. The Hall–Kier alpha value is -1.44. The summed E-state index contributed by atoms with van der Waals surface area (Å²) >= 11 is 1.73. The van der Waals surface area contributed by atoms with Crippen LogP contribution in [0.4, 0.5) is 0 Å². The minimum absolute atomic E-state index is 0.0169. The van der Waals surface area contributed by atoms with E-state index in [1.165, 1.54) is 0 Å². The molecule has 1 atom stereocenters. The fourth-order valence-corrected chi connectivity index (χ4v) is 2.30. The third kappa shape index (κ3) is 4.62. The van der Waals surface area contributed by atoms with E-state index in [2.05, 4.69) is 11.8 Å². The molecule has 3 nitrogen and oxygen atoms in total. The van der Waals surface area contributed by atoms with E-state index >= 15 is 0 Å². The quantitative estimate of drug-likeness (QED) is 0.854. The van der Waals surface area contributed by atoms with Crippen molar-refractivity contribution in [2.24, 2.45) is 0 Å². The molecular weight excluding hydrogens is 258 g/mol. The summed E-state index contributed by atoms with van der Waals surface area (Å²) in [6, 6.07) is 7.33. The first-order chi connectivity index (χ1) is 9.10. The Kier molecular flexibility index (Phi) is 6.48. The number of rotatable bonds is 4. The van der Waals surface area contributed by atoms with E-state index < -0.39 is 0 Å². The van der Waals surface area contributed by atoms with Crippen LogP contribution >= 0.6 is 11.8 Å². The van der Waals surface area contributed by atoms with Crippen molar-refractivity contribution in [1.29, 1.82) is 0 Å². The van der Waals surface area contributed by atoms with E-state index in [0.29, 0.717) is 5.56 Å². The Bertz CT molecular complexity index is 473. The number of hydrogen-bond donors (Lipinski definition) is 1. The summed E-state index contributed by atoms with van der Waals surface area (Å²) in [4.78, 5) is 14.0. The number of aliphatic hydroxyl groups is 1. The second-order valence-electron chi connectivity index (χ2n) is 4.26. The Morgan fingerprint density at radius 1 is 1.42 bits per heavy atom. The SMILES string of the molecule is CSCC(C)N(C)C(=O)c1ccc(C#CCO)cc1. The summed E-state index contributed by atoms with van der Waals surface area (Å²) in [5.41, 5.74) is 1.45. The Morgan fingerprint density at radius 3 is 2.58 bits per heavy atom. The van der Waals surface area contributed by atoms with Gasteiger partial charge in [-0.05, 0) is 37.4 Å². The molecule has 1 unspecified atom stereocenters. The monoisotopic (exact) mass is 277 g/mol. The number of aliphatic hydroxyl groups excluding tert-OH is 1. The van der Waals surface area contributed by atoms with Gasteiger partial charge in [0.2, 0.25) is 0 Å². The van der Waals surface area contributed by atoms with Crippen molar-refractivity contribution < 1.29 is 9.90 Å². The normalized spacial score (nSPS) is 11.4. The van der Waals surface area contributed by atoms with Crippen LogP contribution in [0.1, 0.15) is 22.8 Å². The minimum atomic E-state index is -0.157. The largest absolute Gasteiger partial charge is 0.384 e. The van der Waals surface area contributed by atoms with Gasteiger partial charge in [0.25, 0.3) is 5.91 Å². The number of amides is 1. The first kappa shape index (κ1) is 15.6. The van der Waals surface area contributed by atoms with Crippen LogP contribution in [0.3, 0.4) is 0 Å². The Labute approximate surface area is 119 Å². The maximum atomic E-state index is 12.2. The van der Waals surface area contributed by atoms with E-state index in [9.17, 15) is 4.79 Å². The van der Waals surface area contributed by atoms with Crippen LogP contribution in [0.15, 0.2) is 24.3 Å². The fourth-order valence-electron chi connectivity index (χ4n) is 1.59. The van der Waals surface area contributed by atoms with E-state index in [0.717, 1.165) is 11.3 Å². The maximum Gasteiger partial charge on any atom is 0.253 e. The van der Waals surface area contributed by atoms with Gasteiger partial charge in [-0.2, -0.15) is 11.8 Å². The molecule has 0 spiro atoms. The molecule has 0 aliphatic rings. The summed E-state index contributed by atoms with van der Waals surface area (Å²) in [5, 5.41) is 8.62. The van der Waals surface area contributed by atoms with Crippen molar-refractivity contribution in [1.82, 2.24) is 4.90 Å². The highest BCUT2D eigenvalue weighted by molar-refractivity contribution is 7.98. The summed E-state index contributed by atoms with van der Waals surface area (Å²) in [7, 11) is 1.82. The van der Waals surface area contributed by atoms with Crippen LogP contribution < -0.4 is 0 Å². The van der Waals surface area contributed by atoms with Gasteiger partial charge in [-0.15, -0.1) is 0 Å². The van der Waals surface area contributed by atoms with Crippen LogP contribution in [0.5, 0.6) is 0 Å². The molecule has 0 aromatic heterocycles. The molecule has 0 radical (unpaired) electrons. The van der Waals surface area contributed by atoms with Gasteiger partial charge in [0.1, 0.15) is 6.61 Å². The van der Waals surface area contributed by atoms with E-state index in [4.69, 9.17) is 5.11 Å². The molecule has 1 rings (SSSR count). The zero-order chi connectivity index (χ0) is 14.3. The smallest absolute Gasteiger partial charge is 0.253 e. The average Bonchev–Trinajstić information content (AvgIpc) is 2.44. The molecule has 0 aliphatic carbocycles. The molecule has 1 amide bonds. The van der Waals surface area contributed by atoms with Gasteiger partial charge < -0.3 is 10.0 Å². The predicted molar refractivity (Wildman–Crippen MR) is 80.3 cm³/mol. The molecule has 1 aromatic carbocycles. The molecule has 102 valence electrons. The van der Waals surface area contributed by atoms with Crippen molar-refractivity contribution in [3.8, 4) is 11.8 Å². The molecule has 4 heteroatoms. The summed E-state index contributed by atoms with van der Waals surface area (Å²) in [5.74, 6) is 6.32. The van der Waals surface area contributed by atoms with E-state index in [1.807, 2.05) is 20.2 Å². The van der Waals surface area contributed by atoms with Gasteiger partial charge >= 0.3 is 0 Å². The van der Waals surface area contributed by atoms with Crippen LogP contribution in [-0.2, 0) is 0 Å². The first-order valence-electron chi connectivity index (χ1n) is 6.06. The number of thioether (sulfide) groups is 1. The molecule has 1 aromatic rings. The highest BCUT2D eigenvalue weighted by Crippen LogP contribution is 2.10. The van der Waals surface area contributed by atoms with Gasteiger partial charge in [0, 0.05) is 30.0 Å². The first-order valence-corrected chi connectivity index (χ1v) is 7.45. The van der Waals surface area contributed by atoms with Gasteiger partial charge in [-0.25, -0.2) is 0 Å². The molecule has 0 saturated carbocycles. The minimum Gasteiger partial charge on any atom is -0.384 e. The molecular formula is C15H19NO2S. The summed E-state index contributed by atoms with van der Waals surface area (Å²) in [6.45, 7) is 1.88. The molecule has 0 bridgehead atoms. The summed E-state index contributed by atoms with van der Waals surface area (Å²) in [6.07, 6.45) is 2.03. The standard InChI is InChI=1S/C15H19NO2S/c1-12(11-19-3)16(2)15(18)14-8-6-13(7-9-14)5-4-10-17/h6-9,12,17H,10-11H2,1-3H3. The van der Waals surface area contributed by atoms with Crippen LogP contribution in [0.25, 0.3) is 0 Å². The van der Waals surface area contributed by atoms with E-state index in [1.54, 1.807) is 40.9 Å². The lowest BCUT2D eigenvalue weighted by molar-refractivity contribution is 0.0757. The second kappa shape index (κ2) is 7.88. The van der Waals surface area contributed by atoms with Gasteiger partial charge in [0.05, 0.1) is 0 Å². The average molecular weight is 277 g/mol. The van der Waals surface area contributed by atoms with Gasteiger partial charge in [-0.3, -0.25) is 4.79 Å². The highest BCUT2D eigenvalue weighted by Gasteiger charge is 2.16. The highest BCUT2D eigenvalue weighted by atomic mass is 32.2. The second-order valence-corrected chi connectivity index (χ2v) is 5.17. The van der Waals surface area contributed by atoms with Gasteiger partial charge in [0.15, 0.2) is 0 Å². The van der Waals surface area contributed by atoms with Crippen molar-refractivity contribution in [3.63, 3.8) is 0 Å². The molecule has 19 heavy (non-hydrogen) atoms. The topological polar surface area (TPSA) is 40.5 Å². The zero-order valence-corrected chi connectivity index (χ0v) is 12.3. The molecule has 0 aliphatic heterocycles. The lowest BCUT2D eigenvalue weighted by Crippen LogP contribution is -2.36. The van der Waals surface area contributed by atoms with E-state index in [-0.39, 0.29) is 18.6 Å². The number of benzene rings is 1. The van der Waals surface area contributed by atoms with Crippen LogP contribution in [0, 0.1) is 11.8 Å². The molecule has 0 saturated heterocycles. The van der Waals surface area contributed by atoms with Crippen molar-refractivity contribution in [3.05, 3.63) is 35.4 Å². The Morgan fingerprint density at radius 2 is 2.05 bits per heavy atom. The number of hydrogen-bond acceptors (Lipinski definition) is 3. The summed E-state index contributed by atoms with van der Waals surface area (Å²) < 4.78 is 0. The lowest BCUT2D eigenvalue weighted by Gasteiger charge is -2.24. The lowest BCUT2D eigenvalue weighted by atomic mass is 10.1. The fraction of sp³-hybridized carbons (Fsp3) is 0.400. The van der Waals surface area contributed by atoms with Crippen molar-refractivity contribution in [2.45, 2.75) is 13.0 Å². The molecule has 1 N–H and O–H groups in total. The third-order valence-corrected chi connectivity index (χ3v) is 3.65. The van der Waals surface area contributed by atoms with Crippen molar-refractivity contribution in [2.75, 3.05) is 25.7 Å². The Balaban J connectivity index is 2.77. The molecule has 0 fully saturated rings. The zero-order valence-electron chi connectivity index (χ0n) is 11.5.